The molecule has 0 spiro atoms. The predicted molar refractivity (Wildman–Crippen MR) is 163 cm³/mol. The van der Waals surface area contributed by atoms with E-state index in [1.54, 1.807) is 12.3 Å². The van der Waals surface area contributed by atoms with Crippen LogP contribution in [0.1, 0.15) is 74.7 Å². The number of thiophene rings is 1. The lowest BCUT2D eigenvalue weighted by atomic mass is 9.88. The van der Waals surface area contributed by atoms with Crippen LogP contribution in [0.3, 0.4) is 0 Å². The van der Waals surface area contributed by atoms with Gasteiger partial charge >= 0.3 is 0 Å². The van der Waals surface area contributed by atoms with E-state index in [1.807, 2.05) is 6.07 Å². The zero-order valence-electron chi connectivity index (χ0n) is 24.1. The van der Waals surface area contributed by atoms with Gasteiger partial charge in [-0.25, -0.2) is 9.97 Å². The Labute approximate surface area is 244 Å². The molecule has 2 amide bonds. The van der Waals surface area contributed by atoms with Crippen molar-refractivity contribution in [1.29, 1.82) is 0 Å². The first-order chi connectivity index (χ1) is 19.6. The summed E-state index contributed by atoms with van der Waals surface area (Å²) in [7, 11) is 0. The lowest BCUT2D eigenvalue weighted by molar-refractivity contribution is -0.117. The SMILES string of the molecule is C=CC(=O)N[C@H]1CC[C@@H](n2c(NC(=O)c3ccc(-c4cnco4)s3)nc3cc(CN[C@@H](C)C(C)(C)C)ccc32)CC1. The molecule has 1 aliphatic rings. The first-order valence-electron chi connectivity index (χ1n) is 14.1. The molecule has 216 valence electrons. The van der Waals surface area contributed by atoms with Crippen LogP contribution in [0, 0.1) is 5.41 Å². The van der Waals surface area contributed by atoms with Gasteiger partial charge in [0.1, 0.15) is 0 Å². The topological polar surface area (TPSA) is 114 Å². The number of hydrogen-bond donors (Lipinski definition) is 3. The molecule has 1 atom stereocenters. The number of oxazole rings is 1. The van der Waals surface area contributed by atoms with Crippen molar-refractivity contribution >= 4 is 40.1 Å². The molecule has 0 radical (unpaired) electrons. The smallest absolute Gasteiger partial charge is 0.268 e. The van der Waals surface area contributed by atoms with E-state index in [2.05, 4.69) is 78.0 Å². The van der Waals surface area contributed by atoms with Crippen LogP contribution >= 0.6 is 11.3 Å². The summed E-state index contributed by atoms with van der Waals surface area (Å²) in [6.07, 6.45) is 7.73. The number of anilines is 1. The molecule has 0 aliphatic heterocycles. The van der Waals surface area contributed by atoms with Gasteiger partial charge < -0.3 is 19.6 Å². The van der Waals surface area contributed by atoms with Gasteiger partial charge in [-0.2, -0.15) is 0 Å². The Morgan fingerprint density at radius 2 is 1.98 bits per heavy atom. The third kappa shape index (κ3) is 6.60. The molecule has 41 heavy (non-hydrogen) atoms. The van der Waals surface area contributed by atoms with Crippen LogP contribution in [-0.4, -0.2) is 38.4 Å². The third-order valence-electron chi connectivity index (χ3n) is 7.99. The summed E-state index contributed by atoms with van der Waals surface area (Å²) in [5.74, 6) is 0.803. The Morgan fingerprint density at radius 1 is 1.20 bits per heavy atom. The zero-order chi connectivity index (χ0) is 29.1. The lowest BCUT2D eigenvalue weighted by Gasteiger charge is -2.31. The maximum Gasteiger partial charge on any atom is 0.268 e. The molecule has 1 aromatic carbocycles. The maximum atomic E-state index is 13.4. The number of rotatable bonds is 9. The minimum atomic E-state index is -0.217. The van der Waals surface area contributed by atoms with E-state index in [0.717, 1.165) is 53.7 Å². The number of carbonyl (C=O) groups excluding carboxylic acids is 2. The molecule has 3 heterocycles. The molecule has 1 aliphatic carbocycles. The van der Waals surface area contributed by atoms with E-state index in [-0.39, 0.29) is 29.3 Å². The van der Waals surface area contributed by atoms with Gasteiger partial charge in [-0.1, -0.05) is 33.4 Å². The van der Waals surface area contributed by atoms with E-state index < -0.39 is 0 Å². The van der Waals surface area contributed by atoms with Gasteiger partial charge in [0.15, 0.2) is 12.2 Å². The number of aromatic nitrogens is 3. The molecule has 4 aromatic rings. The van der Waals surface area contributed by atoms with Crippen LogP contribution in [0.2, 0.25) is 0 Å². The van der Waals surface area contributed by atoms with Crippen LogP contribution in [0.4, 0.5) is 5.95 Å². The monoisotopic (exact) mass is 574 g/mol. The molecule has 10 heteroatoms. The number of nitrogens with zero attached hydrogens (tertiary/aromatic N) is 3. The van der Waals surface area contributed by atoms with Crippen LogP contribution in [0.15, 0.2) is 60.0 Å². The Hall–Kier alpha value is -3.76. The van der Waals surface area contributed by atoms with Crippen LogP contribution in [-0.2, 0) is 11.3 Å². The lowest BCUT2D eigenvalue weighted by Crippen LogP contribution is -2.37. The van der Waals surface area contributed by atoms with Gasteiger partial charge in [0, 0.05) is 24.7 Å². The van der Waals surface area contributed by atoms with Gasteiger partial charge in [0.25, 0.3) is 5.91 Å². The van der Waals surface area contributed by atoms with E-state index in [1.165, 1.54) is 23.8 Å². The molecule has 0 bridgehead atoms. The molecular weight excluding hydrogens is 536 g/mol. The van der Waals surface area contributed by atoms with Gasteiger partial charge in [0.2, 0.25) is 11.9 Å². The summed E-state index contributed by atoms with van der Waals surface area (Å²) in [6.45, 7) is 13.2. The maximum absolute atomic E-state index is 13.4. The quantitative estimate of drug-likeness (QED) is 0.202. The van der Waals surface area contributed by atoms with Crippen molar-refractivity contribution < 1.29 is 14.0 Å². The van der Waals surface area contributed by atoms with Gasteiger partial charge in [-0.3, -0.25) is 14.9 Å². The number of fused-ring (bicyclic) bond motifs is 1. The second kappa shape index (κ2) is 12.0. The Morgan fingerprint density at radius 3 is 2.66 bits per heavy atom. The molecule has 0 saturated heterocycles. The fourth-order valence-corrected chi connectivity index (χ4v) is 5.97. The van der Waals surface area contributed by atoms with Gasteiger partial charge in [-0.05, 0) is 73.9 Å². The van der Waals surface area contributed by atoms with E-state index in [0.29, 0.717) is 22.6 Å². The zero-order valence-corrected chi connectivity index (χ0v) is 24.9. The van der Waals surface area contributed by atoms with E-state index in [4.69, 9.17) is 9.40 Å². The van der Waals surface area contributed by atoms with Gasteiger partial charge in [0.05, 0.1) is 27.0 Å². The average molecular weight is 575 g/mol. The molecule has 3 N–H and O–H groups in total. The molecule has 1 saturated carbocycles. The van der Waals surface area contributed by atoms with Gasteiger partial charge in [-0.15, -0.1) is 11.3 Å². The molecule has 5 rings (SSSR count). The molecule has 3 aromatic heterocycles. The Bertz CT molecular complexity index is 1520. The number of benzene rings is 1. The fourth-order valence-electron chi connectivity index (χ4n) is 5.12. The van der Waals surface area contributed by atoms with Crippen molar-refractivity contribution in [3.63, 3.8) is 0 Å². The Kier molecular flexibility index (Phi) is 8.42. The highest BCUT2D eigenvalue weighted by molar-refractivity contribution is 7.17. The summed E-state index contributed by atoms with van der Waals surface area (Å²) in [4.78, 5) is 35.5. The van der Waals surface area contributed by atoms with Crippen molar-refractivity contribution in [2.75, 3.05) is 5.32 Å². The summed E-state index contributed by atoms with van der Waals surface area (Å²) in [5, 5.41) is 9.74. The largest absolute Gasteiger partial charge is 0.443 e. The summed E-state index contributed by atoms with van der Waals surface area (Å²) >= 11 is 1.35. The second-order valence-electron chi connectivity index (χ2n) is 11.8. The van der Waals surface area contributed by atoms with Crippen molar-refractivity contribution in [1.82, 2.24) is 25.2 Å². The summed E-state index contributed by atoms with van der Waals surface area (Å²) in [6, 6.07) is 10.6. The van der Waals surface area contributed by atoms with Crippen molar-refractivity contribution in [3.8, 4) is 10.6 Å². The summed E-state index contributed by atoms with van der Waals surface area (Å²) in [5.41, 5.74) is 3.13. The predicted octanol–water partition coefficient (Wildman–Crippen LogP) is 6.32. The fraction of sp³-hybridized carbons (Fsp3) is 0.419. The van der Waals surface area contributed by atoms with E-state index >= 15 is 0 Å². The minimum absolute atomic E-state index is 0.118. The highest BCUT2D eigenvalue weighted by atomic mass is 32.1. The number of carbonyl (C=O) groups is 2. The van der Waals surface area contributed by atoms with Crippen molar-refractivity contribution in [2.24, 2.45) is 5.41 Å². The van der Waals surface area contributed by atoms with Crippen molar-refractivity contribution in [3.05, 3.63) is 66.0 Å². The minimum Gasteiger partial charge on any atom is -0.443 e. The van der Waals surface area contributed by atoms with Crippen LogP contribution in [0.5, 0.6) is 0 Å². The second-order valence-corrected chi connectivity index (χ2v) is 12.9. The summed E-state index contributed by atoms with van der Waals surface area (Å²) < 4.78 is 7.55. The number of amides is 2. The third-order valence-corrected chi connectivity index (χ3v) is 9.09. The van der Waals surface area contributed by atoms with Crippen LogP contribution < -0.4 is 16.0 Å². The normalized spacial score (nSPS) is 18.2. The molecule has 9 nitrogen and oxygen atoms in total. The van der Waals surface area contributed by atoms with E-state index in [9.17, 15) is 9.59 Å². The molecule has 0 unspecified atom stereocenters. The standard InChI is InChI=1S/C31H38N6O3S/c1-6-28(38)34-21-8-10-22(11-9-21)37-24-12-7-20(16-33-19(2)31(3,4)5)15-23(24)35-30(37)36-29(39)27-14-13-26(41-27)25-17-32-18-40-25/h6-7,12-15,17-19,21-22,33H,1,8-11,16H2,2-5H3,(H,34,38)(H,35,36,39)/t19-,21-,22+/m0/s1. The number of hydrogen-bond acceptors (Lipinski definition) is 7. The van der Waals surface area contributed by atoms with Crippen LogP contribution in [0.25, 0.3) is 21.7 Å². The highest BCUT2D eigenvalue weighted by Gasteiger charge is 2.28. The van der Waals surface area contributed by atoms with Crippen molar-refractivity contribution in [2.45, 2.75) is 78.0 Å². The molecule has 1 fully saturated rings. The molecular formula is C31H38N6O3S. The number of nitrogens with one attached hydrogen (secondary N) is 3. The average Bonchev–Trinajstić information content (AvgIpc) is 3.71. The first kappa shape index (κ1) is 28.8. The number of imidazole rings is 1. The Balaban J connectivity index is 1.40. The first-order valence-corrected chi connectivity index (χ1v) is 14.9. The highest BCUT2D eigenvalue weighted by Crippen LogP contribution is 2.36.